The molecule has 1 aliphatic carbocycles. The molecule has 4 heteroatoms. The molecule has 1 unspecified atom stereocenters. The summed E-state index contributed by atoms with van der Waals surface area (Å²) in [6.45, 7) is 2.06. The Balaban J connectivity index is 1.75. The highest BCUT2D eigenvalue weighted by atomic mass is 16.1. The normalized spacial score (nSPS) is 17.8. The Morgan fingerprint density at radius 3 is 2.94 bits per heavy atom. The van der Waals surface area contributed by atoms with Crippen LogP contribution in [0.1, 0.15) is 63.7 Å². The van der Waals surface area contributed by atoms with Crippen LogP contribution in [-0.2, 0) is 4.79 Å². The Labute approximate surface area is 109 Å². The number of aromatic amines is 1. The summed E-state index contributed by atoms with van der Waals surface area (Å²) < 4.78 is 0. The van der Waals surface area contributed by atoms with Crippen LogP contribution >= 0.6 is 0 Å². The Hall–Kier alpha value is -1.32. The molecule has 100 valence electrons. The first-order valence-electron chi connectivity index (χ1n) is 7.08. The summed E-state index contributed by atoms with van der Waals surface area (Å²) in [6, 6.07) is 0.0241. The zero-order valence-electron chi connectivity index (χ0n) is 11.1. The molecule has 1 fully saturated rings. The van der Waals surface area contributed by atoms with Crippen LogP contribution in [0.25, 0.3) is 0 Å². The van der Waals surface area contributed by atoms with Crippen molar-refractivity contribution in [2.45, 2.75) is 57.9 Å². The van der Waals surface area contributed by atoms with Gasteiger partial charge in [0.15, 0.2) is 0 Å². The van der Waals surface area contributed by atoms with E-state index in [1.807, 2.05) is 0 Å². The van der Waals surface area contributed by atoms with E-state index in [-0.39, 0.29) is 11.9 Å². The fraction of sp³-hybridized carbons (Fsp3) is 0.714. The van der Waals surface area contributed by atoms with Crippen LogP contribution in [0.3, 0.4) is 0 Å². The topological polar surface area (TPSA) is 57.8 Å². The number of carbonyl (C=O) groups is 1. The number of rotatable bonds is 6. The summed E-state index contributed by atoms with van der Waals surface area (Å²) in [7, 11) is 0. The molecule has 0 bridgehead atoms. The summed E-state index contributed by atoms with van der Waals surface area (Å²) in [4.78, 5) is 19.2. The maximum absolute atomic E-state index is 11.9. The lowest BCUT2D eigenvalue weighted by molar-refractivity contribution is -0.122. The maximum Gasteiger partial charge on any atom is 0.220 e. The number of imidazole rings is 1. The first kappa shape index (κ1) is 13.1. The van der Waals surface area contributed by atoms with Crippen molar-refractivity contribution in [2.24, 2.45) is 5.92 Å². The first-order chi connectivity index (χ1) is 8.79. The van der Waals surface area contributed by atoms with Crippen LogP contribution in [0.5, 0.6) is 0 Å². The fourth-order valence-corrected chi connectivity index (χ4v) is 2.73. The maximum atomic E-state index is 11.9. The van der Waals surface area contributed by atoms with E-state index in [1.165, 1.54) is 25.7 Å². The molecule has 0 aromatic carbocycles. The second-order valence-corrected chi connectivity index (χ2v) is 5.19. The van der Waals surface area contributed by atoms with Gasteiger partial charge in [-0.2, -0.15) is 0 Å². The van der Waals surface area contributed by atoms with E-state index in [0.29, 0.717) is 6.42 Å². The van der Waals surface area contributed by atoms with E-state index >= 15 is 0 Å². The minimum Gasteiger partial charge on any atom is -0.347 e. The number of H-pyrrole nitrogens is 1. The first-order valence-corrected chi connectivity index (χ1v) is 7.08. The molecule has 2 N–H and O–H groups in total. The average molecular weight is 249 g/mol. The van der Waals surface area contributed by atoms with Gasteiger partial charge >= 0.3 is 0 Å². The third-order valence-corrected chi connectivity index (χ3v) is 3.85. The molecule has 1 saturated carbocycles. The van der Waals surface area contributed by atoms with Crippen molar-refractivity contribution in [1.82, 2.24) is 15.3 Å². The molecular weight excluding hydrogens is 226 g/mol. The number of aromatic nitrogens is 2. The van der Waals surface area contributed by atoms with Crippen molar-refractivity contribution >= 4 is 5.91 Å². The van der Waals surface area contributed by atoms with Crippen molar-refractivity contribution < 1.29 is 4.79 Å². The quantitative estimate of drug-likeness (QED) is 0.814. The molecule has 1 aromatic rings. The van der Waals surface area contributed by atoms with Gasteiger partial charge in [-0.3, -0.25) is 4.79 Å². The van der Waals surface area contributed by atoms with Crippen LogP contribution in [0, 0.1) is 5.92 Å². The van der Waals surface area contributed by atoms with Crippen molar-refractivity contribution in [3.8, 4) is 0 Å². The van der Waals surface area contributed by atoms with Gasteiger partial charge in [-0.25, -0.2) is 4.98 Å². The largest absolute Gasteiger partial charge is 0.347 e. The molecule has 2 rings (SSSR count). The molecule has 18 heavy (non-hydrogen) atoms. The third kappa shape index (κ3) is 3.59. The zero-order chi connectivity index (χ0) is 12.8. The van der Waals surface area contributed by atoms with E-state index in [2.05, 4.69) is 22.2 Å². The molecule has 1 aromatic heterocycles. The van der Waals surface area contributed by atoms with Gasteiger partial charge in [-0.1, -0.05) is 32.6 Å². The highest BCUT2D eigenvalue weighted by Crippen LogP contribution is 2.28. The summed E-state index contributed by atoms with van der Waals surface area (Å²) in [5, 5.41) is 3.06. The smallest absolute Gasteiger partial charge is 0.220 e. The number of hydrogen-bond acceptors (Lipinski definition) is 2. The molecular formula is C14H23N3O. The van der Waals surface area contributed by atoms with Crippen LogP contribution in [0.4, 0.5) is 0 Å². The average Bonchev–Trinajstić information content (AvgIpc) is 3.05. The number of nitrogens with one attached hydrogen (secondary N) is 2. The molecule has 0 saturated heterocycles. The molecule has 1 heterocycles. The van der Waals surface area contributed by atoms with E-state index in [9.17, 15) is 4.79 Å². The molecule has 0 radical (unpaired) electrons. The minimum absolute atomic E-state index is 0.0241. The highest BCUT2D eigenvalue weighted by molar-refractivity contribution is 5.76. The van der Waals surface area contributed by atoms with Gasteiger partial charge in [0.05, 0.1) is 6.04 Å². The summed E-state index contributed by atoms with van der Waals surface area (Å²) in [5.74, 6) is 1.79. The number of hydrogen-bond donors (Lipinski definition) is 2. The summed E-state index contributed by atoms with van der Waals surface area (Å²) in [5.41, 5.74) is 0. The van der Waals surface area contributed by atoms with Crippen LogP contribution in [-0.4, -0.2) is 15.9 Å². The number of carbonyl (C=O) groups excluding carboxylic acids is 1. The van der Waals surface area contributed by atoms with Crippen LogP contribution in [0.15, 0.2) is 12.4 Å². The van der Waals surface area contributed by atoms with Gasteiger partial charge in [-0.15, -0.1) is 0 Å². The second-order valence-electron chi connectivity index (χ2n) is 5.19. The molecule has 4 nitrogen and oxygen atoms in total. The van der Waals surface area contributed by atoms with E-state index in [0.717, 1.165) is 24.6 Å². The third-order valence-electron chi connectivity index (χ3n) is 3.85. The van der Waals surface area contributed by atoms with Gasteiger partial charge < -0.3 is 10.3 Å². The van der Waals surface area contributed by atoms with E-state index < -0.39 is 0 Å². The van der Waals surface area contributed by atoms with Crippen LogP contribution < -0.4 is 5.32 Å². The van der Waals surface area contributed by atoms with Gasteiger partial charge in [-0.05, 0) is 18.8 Å². The standard InChI is InChI=1S/C14H23N3O/c1-2-12(14-15-9-10-16-14)17-13(18)8-7-11-5-3-4-6-11/h9-12H,2-8H2,1H3,(H,15,16)(H,17,18). The van der Waals surface area contributed by atoms with Gasteiger partial charge in [0.1, 0.15) is 5.82 Å². The van der Waals surface area contributed by atoms with Crippen molar-refractivity contribution in [3.63, 3.8) is 0 Å². The number of nitrogens with zero attached hydrogens (tertiary/aromatic N) is 1. The predicted octanol–water partition coefficient (Wildman–Crippen LogP) is 2.95. The van der Waals surface area contributed by atoms with Crippen LogP contribution in [0.2, 0.25) is 0 Å². The monoisotopic (exact) mass is 249 g/mol. The summed E-state index contributed by atoms with van der Waals surface area (Å²) >= 11 is 0. The fourth-order valence-electron chi connectivity index (χ4n) is 2.73. The molecule has 1 amide bonds. The van der Waals surface area contributed by atoms with E-state index in [1.54, 1.807) is 12.4 Å². The molecule has 1 aliphatic rings. The highest BCUT2D eigenvalue weighted by Gasteiger charge is 2.18. The molecule has 1 atom stereocenters. The Morgan fingerprint density at radius 1 is 1.56 bits per heavy atom. The lowest BCUT2D eigenvalue weighted by Crippen LogP contribution is -2.29. The van der Waals surface area contributed by atoms with Crippen molar-refractivity contribution in [3.05, 3.63) is 18.2 Å². The second kappa shape index (κ2) is 6.57. The predicted molar refractivity (Wildman–Crippen MR) is 71.0 cm³/mol. The SMILES string of the molecule is CCC(NC(=O)CCC1CCCC1)c1ncc[nH]1. The summed E-state index contributed by atoms with van der Waals surface area (Å²) in [6.07, 6.45) is 11.4. The number of amides is 1. The lowest BCUT2D eigenvalue weighted by Gasteiger charge is -2.15. The Kier molecular flexibility index (Phi) is 4.79. The van der Waals surface area contributed by atoms with Gasteiger partial charge in [0.2, 0.25) is 5.91 Å². The molecule has 0 aliphatic heterocycles. The zero-order valence-corrected chi connectivity index (χ0v) is 11.1. The van der Waals surface area contributed by atoms with Gasteiger partial charge in [0, 0.05) is 18.8 Å². The van der Waals surface area contributed by atoms with Crippen molar-refractivity contribution in [1.29, 1.82) is 0 Å². The molecule has 0 spiro atoms. The van der Waals surface area contributed by atoms with Crippen molar-refractivity contribution in [2.75, 3.05) is 0 Å². The Bertz CT molecular complexity index is 355. The van der Waals surface area contributed by atoms with E-state index in [4.69, 9.17) is 0 Å². The minimum atomic E-state index is 0.0241. The van der Waals surface area contributed by atoms with Gasteiger partial charge in [0.25, 0.3) is 0 Å². The lowest BCUT2D eigenvalue weighted by atomic mass is 10.0. The Morgan fingerprint density at radius 2 is 2.33 bits per heavy atom.